The molecule has 7 aromatic carbocycles. The number of fused-ring (bicyclic) bond motifs is 7. The Labute approximate surface area is 295 Å². The molecule has 0 N–H and O–H groups in total. The van der Waals surface area contributed by atoms with Gasteiger partial charge in [-0.3, -0.25) is 0 Å². The topological polar surface area (TPSA) is 43.6 Å². The first-order chi connectivity index (χ1) is 25.3. The summed E-state index contributed by atoms with van der Waals surface area (Å²) in [5, 5.41) is 5.76. The molecule has 0 atom stereocenters. The lowest BCUT2D eigenvalue weighted by molar-refractivity contribution is 1.17. The zero-order chi connectivity index (χ0) is 33.7. The molecule has 0 aliphatic carbocycles. The van der Waals surface area contributed by atoms with Crippen LogP contribution in [0.15, 0.2) is 182 Å². The van der Waals surface area contributed by atoms with Crippen molar-refractivity contribution in [3.8, 4) is 50.8 Å². The van der Waals surface area contributed by atoms with Crippen LogP contribution < -0.4 is 0 Å². The second-order valence-corrected chi connectivity index (χ2v) is 12.8. The van der Waals surface area contributed by atoms with Crippen LogP contribution in [0.2, 0.25) is 0 Å². The third kappa shape index (κ3) is 4.88. The molecule has 0 saturated heterocycles. The molecule has 4 heteroatoms. The fourth-order valence-corrected chi connectivity index (χ4v) is 7.39. The predicted octanol–water partition coefficient (Wildman–Crippen LogP) is 11.9. The zero-order valence-electron chi connectivity index (χ0n) is 27.6. The van der Waals surface area contributed by atoms with E-state index in [0.717, 1.165) is 77.7 Å². The molecule has 0 radical (unpaired) electrons. The first kappa shape index (κ1) is 29.0. The Morgan fingerprint density at radius 3 is 1.63 bits per heavy atom. The van der Waals surface area contributed by atoms with E-state index in [0.29, 0.717) is 5.82 Å². The average molecular weight is 651 g/mol. The van der Waals surface area contributed by atoms with Gasteiger partial charge in [0.1, 0.15) is 0 Å². The number of benzene rings is 7. The smallest absolute Gasteiger partial charge is 0.160 e. The van der Waals surface area contributed by atoms with Crippen LogP contribution in [0.4, 0.5) is 0 Å². The van der Waals surface area contributed by atoms with Crippen molar-refractivity contribution in [2.24, 2.45) is 0 Å². The summed E-state index contributed by atoms with van der Waals surface area (Å²) in [6, 6.07) is 63.6. The van der Waals surface area contributed by atoms with Gasteiger partial charge in [0, 0.05) is 49.5 Å². The number of nitrogens with zero attached hydrogens (tertiary/aromatic N) is 4. The van der Waals surface area contributed by atoms with E-state index in [4.69, 9.17) is 15.0 Å². The van der Waals surface area contributed by atoms with E-state index in [9.17, 15) is 0 Å². The van der Waals surface area contributed by atoms with Crippen molar-refractivity contribution in [2.75, 3.05) is 0 Å². The van der Waals surface area contributed by atoms with Gasteiger partial charge in [0.25, 0.3) is 0 Å². The molecule has 0 bridgehead atoms. The molecule has 0 saturated carbocycles. The maximum absolute atomic E-state index is 5.45. The highest BCUT2D eigenvalue weighted by molar-refractivity contribution is 6.25. The Hall–Kier alpha value is -6.91. The van der Waals surface area contributed by atoms with Gasteiger partial charge in [-0.2, -0.15) is 0 Å². The van der Waals surface area contributed by atoms with Crippen molar-refractivity contribution in [1.29, 1.82) is 0 Å². The van der Waals surface area contributed by atoms with Gasteiger partial charge in [-0.1, -0.05) is 146 Å². The number of rotatable bonds is 5. The Bertz CT molecular complexity index is 2820. The van der Waals surface area contributed by atoms with Gasteiger partial charge >= 0.3 is 0 Å². The largest absolute Gasteiger partial charge is 0.308 e. The third-order valence-electron chi connectivity index (χ3n) is 9.79. The molecule has 238 valence electrons. The maximum atomic E-state index is 5.45. The summed E-state index contributed by atoms with van der Waals surface area (Å²) in [5.74, 6) is 0.691. The fourth-order valence-electron chi connectivity index (χ4n) is 7.39. The van der Waals surface area contributed by atoms with E-state index < -0.39 is 0 Å². The monoisotopic (exact) mass is 650 g/mol. The summed E-state index contributed by atoms with van der Waals surface area (Å²) in [7, 11) is 0. The van der Waals surface area contributed by atoms with Crippen LogP contribution in [0.3, 0.4) is 0 Å². The van der Waals surface area contributed by atoms with Crippen LogP contribution in [0, 0.1) is 0 Å². The minimum atomic E-state index is 0.691. The molecule has 0 aliphatic heterocycles. The SMILES string of the molecule is c1ccc(-c2cc(-c3ccccc3)nc(-c3ccc(-n4c5ccccc5c5c(-c6ccccc6)nc6c7ccccc7ccc6c54)cc3)n2)cc1. The molecule has 10 aromatic rings. The standard InChI is InChI=1S/C47H30N4/c1-4-15-32(16-5-1)40-30-41(33-17-6-2-7-18-33)49-47(48-40)35-24-27-36(28-25-35)51-42-23-13-12-22-38(42)43-44(34-19-8-3-9-20-34)50-45-37-21-11-10-14-31(37)26-29-39(45)46(43)51/h1-30H. The van der Waals surface area contributed by atoms with Crippen molar-refractivity contribution in [2.45, 2.75) is 0 Å². The Morgan fingerprint density at radius 1 is 0.392 bits per heavy atom. The Morgan fingerprint density at radius 2 is 0.961 bits per heavy atom. The molecule has 0 fully saturated rings. The highest BCUT2D eigenvalue weighted by atomic mass is 15.0. The van der Waals surface area contributed by atoms with Gasteiger partial charge in [-0.05, 0) is 41.8 Å². The summed E-state index contributed by atoms with van der Waals surface area (Å²) in [5.41, 5.74) is 11.3. The molecule has 10 rings (SSSR count). The molecule has 4 nitrogen and oxygen atoms in total. The quantitative estimate of drug-likeness (QED) is 0.174. The van der Waals surface area contributed by atoms with Crippen LogP contribution in [0.5, 0.6) is 0 Å². The molecule has 0 spiro atoms. The lowest BCUT2D eigenvalue weighted by atomic mass is 10.00. The Kier molecular flexibility index (Phi) is 6.78. The minimum Gasteiger partial charge on any atom is -0.308 e. The highest BCUT2D eigenvalue weighted by Crippen LogP contribution is 2.42. The number of pyridine rings is 1. The minimum absolute atomic E-state index is 0.691. The second-order valence-electron chi connectivity index (χ2n) is 12.8. The van der Waals surface area contributed by atoms with Crippen LogP contribution in [-0.4, -0.2) is 19.5 Å². The molecule has 0 aliphatic rings. The van der Waals surface area contributed by atoms with Gasteiger partial charge in [0.15, 0.2) is 5.82 Å². The lowest BCUT2D eigenvalue weighted by Crippen LogP contribution is -1.98. The van der Waals surface area contributed by atoms with E-state index in [2.05, 4.69) is 150 Å². The molecular formula is C47H30N4. The highest BCUT2D eigenvalue weighted by Gasteiger charge is 2.21. The first-order valence-corrected chi connectivity index (χ1v) is 17.2. The molecule has 3 heterocycles. The van der Waals surface area contributed by atoms with E-state index in [1.807, 2.05) is 36.4 Å². The van der Waals surface area contributed by atoms with E-state index in [1.165, 1.54) is 10.8 Å². The summed E-state index contributed by atoms with van der Waals surface area (Å²) in [4.78, 5) is 15.6. The lowest BCUT2D eigenvalue weighted by Gasteiger charge is -2.14. The molecule has 51 heavy (non-hydrogen) atoms. The van der Waals surface area contributed by atoms with Crippen molar-refractivity contribution >= 4 is 43.5 Å². The van der Waals surface area contributed by atoms with Gasteiger partial charge in [-0.15, -0.1) is 0 Å². The van der Waals surface area contributed by atoms with Crippen molar-refractivity contribution in [3.05, 3.63) is 182 Å². The molecule has 0 amide bonds. The maximum Gasteiger partial charge on any atom is 0.160 e. The summed E-state index contributed by atoms with van der Waals surface area (Å²) in [6.45, 7) is 0. The van der Waals surface area contributed by atoms with Gasteiger partial charge in [-0.25, -0.2) is 15.0 Å². The fraction of sp³-hybridized carbons (Fsp3) is 0. The number of hydrogen-bond acceptors (Lipinski definition) is 3. The third-order valence-corrected chi connectivity index (χ3v) is 9.79. The molecule has 0 unspecified atom stereocenters. The summed E-state index contributed by atoms with van der Waals surface area (Å²) < 4.78 is 2.40. The number of para-hydroxylation sites is 1. The van der Waals surface area contributed by atoms with E-state index >= 15 is 0 Å². The van der Waals surface area contributed by atoms with Crippen LogP contribution in [-0.2, 0) is 0 Å². The van der Waals surface area contributed by atoms with Crippen LogP contribution >= 0.6 is 0 Å². The van der Waals surface area contributed by atoms with Gasteiger partial charge < -0.3 is 4.57 Å². The number of aromatic nitrogens is 4. The van der Waals surface area contributed by atoms with Crippen molar-refractivity contribution < 1.29 is 0 Å². The van der Waals surface area contributed by atoms with E-state index in [-0.39, 0.29) is 0 Å². The second kappa shape index (κ2) is 11.9. The number of hydrogen-bond donors (Lipinski definition) is 0. The molecular weight excluding hydrogens is 621 g/mol. The Balaban J connectivity index is 1.21. The van der Waals surface area contributed by atoms with Gasteiger partial charge in [0.2, 0.25) is 0 Å². The van der Waals surface area contributed by atoms with Crippen LogP contribution in [0.25, 0.3) is 94.3 Å². The summed E-state index contributed by atoms with van der Waals surface area (Å²) >= 11 is 0. The average Bonchev–Trinajstić information content (AvgIpc) is 3.57. The first-order valence-electron chi connectivity index (χ1n) is 17.2. The van der Waals surface area contributed by atoms with Crippen molar-refractivity contribution in [1.82, 2.24) is 19.5 Å². The molecule has 3 aromatic heterocycles. The van der Waals surface area contributed by atoms with Gasteiger partial charge in [0.05, 0.1) is 33.6 Å². The predicted molar refractivity (Wildman–Crippen MR) is 211 cm³/mol. The zero-order valence-corrected chi connectivity index (χ0v) is 27.6. The van der Waals surface area contributed by atoms with Crippen LogP contribution in [0.1, 0.15) is 0 Å². The summed E-state index contributed by atoms with van der Waals surface area (Å²) in [6.07, 6.45) is 0. The van der Waals surface area contributed by atoms with Crippen molar-refractivity contribution in [3.63, 3.8) is 0 Å². The normalized spacial score (nSPS) is 11.5. The van der Waals surface area contributed by atoms with E-state index in [1.54, 1.807) is 0 Å².